The number of hydrogen-bond acceptors (Lipinski definition) is 4. The van der Waals surface area contributed by atoms with Gasteiger partial charge in [0.1, 0.15) is 11.5 Å². The van der Waals surface area contributed by atoms with Crippen molar-refractivity contribution in [3.63, 3.8) is 0 Å². The third-order valence-corrected chi connectivity index (χ3v) is 4.23. The van der Waals surface area contributed by atoms with Crippen molar-refractivity contribution in [3.8, 4) is 0 Å². The Kier molecular flexibility index (Phi) is 5.20. The van der Waals surface area contributed by atoms with Gasteiger partial charge in [-0.2, -0.15) is 0 Å². The first kappa shape index (κ1) is 15.8. The zero-order valence-corrected chi connectivity index (χ0v) is 13.5. The van der Waals surface area contributed by atoms with Crippen LogP contribution in [0.4, 0.5) is 5.69 Å². The third-order valence-electron chi connectivity index (χ3n) is 2.94. The van der Waals surface area contributed by atoms with Crippen LogP contribution in [0.2, 0.25) is 5.02 Å². The molecule has 1 amide bonds. The highest BCUT2D eigenvalue weighted by molar-refractivity contribution is 8.00. The number of rotatable bonds is 5. The molecule has 0 fully saturated rings. The van der Waals surface area contributed by atoms with E-state index in [1.165, 1.54) is 11.8 Å². The van der Waals surface area contributed by atoms with Crippen LogP contribution in [0.3, 0.4) is 0 Å². The van der Waals surface area contributed by atoms with E-state index in [0.717, 1.165) is 16.4 Å². The van der Waals surface area contributed by atoms with Crippen LogP contribution in [-0.2, 0) is 11.3 Å². The van der Waals surface area contributed by atoms with Crippen molar-refractivity contribution in [3.05, 3.63) is 46.9 Å². The number of hydrogen-bond donors (Lipinski definition) is 1. The summed E-state index contributed by atoms with van der Waals surface area (Å²) in [4.78, 5) is 14.6. The van der Waals surface area contributed by atoms with Gasteiger partial charge in [0.25, 0.3) is 0 Å². The molecule has 0 atom stereocenters. The van der Waals surface area contributed by atoms with Gasteiger partial charge >= 0.3 is 0 Å². The minimum Gasteiger partial charge on any atom is -0.464 e. The van der Waals surface area contributed by atoms with E-state index in [2.05, 4.69) is 0 Å². The summed E-state index contributed by atoms with van der Waals surface area (Å²) in [5.41, 5.74) is 6.49. The van der Waals surface area contributed by atoms with E-state index in [1.807, 2.05) is 19.1 Å². The molecule has 4 nitrogen and oxygen atoms in total. The van der Waals surface area contributed by atoms with Crippen molar-refractivity contribution < 1.29 is 9.21 Å². The Morgan fingerprint density at radius 2 is 2.14 bits per heavy atom. The normalized spacial score (nSPS) is 10.6. The van der Waals surface area contributed by atoms with E-state index in [4.69, 9.17) is 21.8 Å². The second kappa shape index (κ2) is 6.91. The zero-order chi connectivity index (χ0) is 15.4. The van der Waals surface area contributed by atoms with Gasteiger partial charge in [-0.05, 0) is 37.3 Å². The summed E-state index contributed by atoms with van der Waals surface area (Å²) in [6.45, 7) is 2.33. The number of furan rings is 1. The fourth-order valence-electron chi connectivity index (χ4n) is 1.77. The Morgan fingerprint density at radius 1 is 1.38 bits per heavy atom. The van der Waals surface area contributed by atoms with E-state index in [0.29, 0.717) is 23.0 Å². The SMILES string of the molecule is Cc1ccc(CN(C)C(=O)CSc2cc(Cl)ccc2N)o1. The summed E-state index contributed by atoms with van der Waals surface area (Å²) >= 11 is 7.31. The molecule has 1 aromatic carbocycles. The van der Waals surface area contributed by atoms with Crippen molar-refractivity contribution in [2.24, 2.45) is 0 Å². The summed E-state index contributed by atoms with van der Waals surface area (Å²) < 4.78 is 5.46. The molecule has 2 N–H and O–H groups in total. The number of nitrogens with two attached hydrogens (primary N) is 1. The number of carbonyl (C=O) groups is 1. The number of thioether (sulfide) groups is 1. The fourth-order valence-corrected chi connectivity index (χ4v) is 2.96. The highest BCUT2D eigenvalue weighted by Crippen LogP contribution is 2.28. The zero-order valence-electron chi connectivity index (χ0n) is 11.9. The highest BCUT2D eigenvalue weighted by atomic mass is 35.5. The van der Waals surface area contributed by atoms with Gasteiger partial charge < -0.3 is 15.1 Å². The molecular weight excluding hydrogens is 308 g/mol. The van der Waals surface area contributed by atoms with Crippen molar-refractivity contribution >= 4 is 35.0 Å². The quantitative estimate of drug-likeness (QED) is 0.674. The van der Waals surface area contributed by atoms with E-state index in [1.54, 1.807) is 30.1 Å². The standard InChI is InChI=1S/C15H17ClN2O2S/c1-10-3-5-12(20-10)8-18(2)15(19)9-21-14-7-11(16)4-6-13(14)17/h3-7H,8-9,17H2,1-2H3. The maximum absolute atomic E-state index is 12.1. The Balaban J connectivity index is 1.90. The van der Waals surface area contributed by atoms with Crippen LogP contribution in [0.5, 0.6) is 0 Å². The third kappa shape index (κ3) is 4.44. The number of halogens is 1. The number of carbonyl (C=O) groups excluding carboxylic acids is 1. The largest absolute Gasteiger partial charge is 0.464 e. The summed E-state index contributed by atoms with van der Waals surface area (Å²) in [6.07, 6.45) is 0. The lowest BCUT2D eigenvalue weighted by Gasteiger charge is -2.15. The monoisotopic (exact) mass is 324 g/mol. The molecule has 0 bridgehead atoms. The lowest BCUT2D eigenvalue weighted by molar-refractivity contribution is -0.127. The molecule has 112 valence electrons. The molecule has 0 aliphatic rings. The first-order valence-corrected chi connectivity index (χ1v) is 7.79. The summed E-state index contributed by atoms with van der Waals surface area (Å²) in [6, 6.07) is 9.00. The molecule has 0 saturated carbocycles. The van der Waals surface area contributed by atoms with Crippen molar-refractivity contribution in [1.29, 1.82) is 0 Å². The van der Waals surface area contributed by atoms with Gasteiger partial charge in [-0.15, -0.1) is 11.8 Å². The maximum Gasteiger partial charge on any atom is 0.233 e. The number of nitrogen functional groups attached to an aromatic ring is 1. The molecule has 2 aromatic rings. The first-order valence-electron chi connectivity index (χ1n) is 6.43. The van der Waals surface area contributed by atoms with Crippen LogP contribution >= 0.6 is 23.4 Å². The molecule has 0 aliphatic carbocycles. The second-order valence-electron chi connectivity index (χ2n) is 4.73. The number of nitrogens with zero attached hydrogens (tertiary/aromatic N) is 1. The van der Waals surface area contributed by atoms with Crippen LogP contribution in [0.15, 0.2) is 39.6 Å². The van der Waals surface area contributed by atoms with Crippen molar-refractivity contribution in [1.82, 2.24) is 4.90 Å². The van der Waals surface area contributed by atoms with Crippen LogP contribution in [0, 0.1) is 6.92 Å². The summed E-state index contributed by atoms with van der Waals surface area (Å²) in [5.74, 6) is 1.93. The van der Waals surface area contributed by atoms with Gasteiger partial charge in [-0.1, -0.05) is 11.6 Å². The molecule has 6 heteroatoms. The van der Waals surface area contributed by atoms with Crippen molar-refractivity contribution in [2.75, 3.05) is 18.5 Å². The number of anilines is 1. The van der Waals surface area contributed by atoms with Crippen LogP contribution in [0.1, 0.15) is 11.5 Å². The van der Waals surface area contributed by atoms with E-state index in [9.17, 15) is 4.79 Å². The van der Waals surface area contributed by atoms with Gasteiger partial charge in [0.2, 0.25) is 5.91 Å². The van der Waals surface area contributed by atoms with E-state index >= 15 is 0 Å². The predicted molar refractivity (Wildman–Crippen MR) is 86.5 cm³/mol. The lowest BCUT2D eigenvalue weighted by Crippen LogP contribution is -2.27. The Labute approximate surface area is 133 Å². The van der Waals surface area contributed by atoms with Gasteiger partial charge in [0, 0.05) is 22.7 Å². The van der Waals surface area contributed by atoms with Crippen LogP contribution < -0.4 is 5.73 Å². The Hall–Kier alpha value is -1.59. The molecule has 0 aliphatic heterocycles. The average molecular weight is 325 g/mol. The van der Waals surface area contributed by atoms with Gasteiger partial charge in [0.15, 0.2) is 0 Å². The van der Waals surface area contributed by atoms with Gasteiger partial charge in [-0.3, -0.25) is 4.79 Å². The second-order valence-corrected chi connectivity index (χ2v) is 6.19. The van der Waals surface area contributed by atoms with E-state index < -0.39 is 0 Å². The fraction of sp³-hybridized carbons (Fsp3) is 0.267. The van der Waals surface area contributed by atoms with Crippen LogP contribution in [0.25, 0.3) is 0 Å². The molecule has 0 saturated heterocycles. The Bertz CT molecular complexity index is 642. The number of amides is 1. The molecule has 2 rings (SSSR count). The van der Waals surface area contributed by atoms with Crippen LogP contribution in [-0.4, -0.2) is 23.6 Å². The minimum atomic E-state index is 0.00780. The summed E-state index contributed by atoms with van der Waals surface area (Å²) in [7, 11) is 1.75. The first-order chi connectivity index (χ1) is 9.95. The molecule has 1 heterocycles. The molecule has 1 aromatic heterocycles. The maximum atomic E-state index is 12.1. The molecule has 0 unspecified atom stereocenters. The highest BCUT2D eigenvalue weighted by Gasteiger charge is 2.12. The molecule has 0 spiro atoms. The summed E-state index contributed by atoms with van der Waals surface area (Å²) in [5, 5.41) is 0.610. The van der Waals surface area contributed by atoms with Gasteiger partial charge in [-0.25, -0.2) is 0 Å². The van der Waals surface area contributed by atoms with E-state index in [-0.39, 0.29) is 5.91 Å². The molecular formula is C15H17ClN2O2S. The number of aryl methyl sites for hydroxylation is 1. The predicted octanol–water partition coefficient (Wildman–Crippen LogP) is 3.57. The number of benzene rings is 1. The van der Waals surface area contributed by atoms with Gasteiger partial charge in [0.05, 0.1) is 12.3 Å². The van der Waals surface area contributed by atoms with Crippen molar-refractivity contribution in [2.45, 2.75) is 18.4 Å². The minimum absolute atomic E-state index is 0.00780. The lowest BCUT2D eigenvalue weighted by atomic mass is 10.3. The Morgan fingerprint density at radius 3 is 2.81 bits per heavy atom. The average Bonchev–Trinajstić information content (AvgIpc) is 2.84. The smallest absolute Gasteiger partial charge is 0.233 e. The topological polar surface area (TPSA) is 59.5 Å². The molecule has 0 radical (unpaired) electrons. The molecule has 21 heavy (non-hydrogen) atoms.